The summed E-state index contributed by atoms with van der Waals surface area (Å²) in [5.41, 5.74) is 7.74. The Labute approximate surface area is 159 Å². The fourth-order valence-corrected chi connectivity index (χ4v) is 4.56. The number of hydrogen-bond donors (Lipinski definition) is 0. The van der Waals surface area contributed by atoms with E-state index >= 15 is 0 Å². The molecule has 1 aliphatic carbocycles. The Morgan fingerprint density at radius 3 is 2.62 bits per heavy atom. The van der Waals surface area contributed by atoms with Gasteiger partial charge in [0.05, 0.1) is 0 Å². The van der Waals surface area contributed by atoms with E-state index in [1.54, 1.807) is 0 Å². The summed E-state index contributed by atoms with van der Waals surface area (Å²) in [7, 11) is 0. The van der Waals surface area contributed by atoms with E-state index in [1.807, 2.05) is 4.68 Å². The number of aromatic nitrogens is 3. The lowest BCUT2D eigenvalue weighted by Crippen LogP contribution is -2.51. The van der Waals surface area contributed by atoms with Crippen LogP contribution in [-0.2, 0) is 17.8 Å². The fourth-order valence-electron chi connectivity index (χ4n) is 4.56. The molecule has 2 aromatic carbocycles. The minimum absolute atomic E-state index is 0. The summed E-state index contributed by atoms with van der Waals surface area (Å²) in [6, 6.07) is 13.4. The van der Waals surface area contributed by atoms with Gasteiger partial charge in [-0.05, 0) is 43.0 Å². The molecule has 5 rings (SSSR count). The van der Waals surface area contributed by atoms with Crippen molar-refractivity contribution < 1.29 is 9.30 Å². The standard InChI is InChI=1S/C21H22N3O.ClH/c1-13-8-14(2)20(15(3)9-13)24-12-23-19(22-24)11-25-18-10-16-6-4-5-7-17(16)21(18)23;/h4-9,12,18,21H,10-11H2,1-3H3;1H/q+1;/t18-,21+;/m1./s1. The molecule has 0 N–H and O–H groups in total. The molecule has 0 radical (unpaired) electrons. The molecule has 0 bridgehead atoms. The molecule has 0 saturated carbocycles. The van der Waals surface area contributed by atoms with E-state index < -0.39 is 0 Å². The van der Waals surface area contributed by atoms with Crippen LogP contribution in [0, 0.1) is 20.8 Å². The van der Waals surface area contributed by atoms with Gasteiger partial charge in [0, 0.05) is 11.5 Å². The van der Waals surface area contributed by atoms with Crippen LogP contribution in [0.3, 0.4) is 0 Å². The van der Waals surface area contributed by atoms with E-state index in [0.29, 0.717) is 6.61 Å². The highest BCUT2D eigenvalue weighted by Crippen LogP contribution is 2.35. The largest absolute Gasteiger partial charge is 0.363 e. The zero-order valence-corrected chi connectivity index (χ0v) is 16.1. The lowest BCUT2D eigenvalue weighted by molar-refractivity contribution is -0.739. The summed E-state index contributed by atoms with van der Waals surface area (Å²) in [5, 5.41) is 4.86. The van der Waals surface area contributed by atoms with Crippen molar-refractivity contribution in [2.45, 2.75) is 45.9 Å². The van der Waals surface area contributed by atoms with Gasteiger partial charge in [-0.2, -0.15) is 0 Å². The third-order valence-electron chi connectivity index (χ3n) is 5.49. The monoisotopic (exact) mass is 368 g/mol. The van der Waals surface area contributed by atoms with Gasteiger partial charge in [-0.15, -0.1) is 12.4 Å². The summed E-state index contributed by atoms with van der Waals surface area (Å²) in [6.07, 6.45) is 3.36. The van der Waals surface area contributed by atoms with Crippen LogP contribution in [0.2, 0.25) is 0 Å². The lowest BCUT2D eigenvalue weighted by atomic mass is 10.1. The third kappa shape index (κ3) is 2.48. The molecule has 0 fully saturated rings. The van der Waals surface area contributed by atoms with Gasteiger partial charge in [0.15, 0.2) is 0 Å². The number of ether oxygens (including phenoxy) is 1. The molecule has 0 saturated heterocycles. The molecule has 5 heteroatoms. The first kappa shape index (κ1) is 17.3. The molecule has 0 amide bonds. The zero-order valence-electron chi connectivity index (χ0n) is 15.3. The first-order valence-corrected chi connectivity index (χ1v) is 8.89. The average Bonchev–Trinajstić information content (AvgIpc) is 3.13. The molecule has 2 atom stereocenters. The van der Waals surface area contributed by atoms with Crippen molar-refractivity contribution in [3.63, 3.8) is 0 Å². The summed E-state index contributed by atoms with van der Waals surface area (Å²) in [6.45, 7) is 7.03. The maximum atomic E-state index is 6.14. The number of hydrogen-bond acceptors (Lipinski definition) is 2. The Morgan fingerprint density at radius 1 is 1.12 bits per heavy atom. The van der Waals surface area contributed by atoms with Crippen LogP contribution in [-0.4, -0.2) is 15.9 Å². The Bertz CT molecular complexity index is 972. The lowest BCUT2D eigenvalue weighted by Gasteiger charge is -2.23. The molecule has 26 heavy (non-hydrogen) atoms. The number of nitrogens with zero attached hydrogens (tertiary/aromatic N) is 3. The molecule has 134 valence electrons. The number of fused-ring (bicyclic) bond motifs is 5. The highest BCUT2D eigenvalue weighted by atomic mass is 35.5. The van der Waals surface area contributed by atoms with E-state index in [1.165, 1.54) is 33.5 Å². The maximum absolute atomic E-state index is 6.14. The van der Waals surface area contributed by atoms with Crippen molar-refractivity contribution in [1.82, 2.24) is 9.78 Å². The predicted octanol–water partition coefficient (Wildman–Crippen LogP) is 3.55. The van der Waals surface area contributed by atoms with E-state index in [9.17, 15) is 0 Å². The molecule has 2 aliphatic rings. The molecule has 4 nitrogen and oxygen atoms in total. The Balaban J connectivity index is 0.00000168. The minimum atomic E-state index is 0. The molecular formula is C21H23ClN3O+. The maximum Gasteiger partial charge on any atom is 0.304 e. The molecule has 3 aromatic rings. The average molecular weight is 369 g/mol. The van der Waals surface area contributed by atoms with Gasteiger partial charge in [-0.25, -0.2) is 4.57 Å². The normalized spacial score (nSPS) is 20.1. The van der Waals surface area contributed by atoms with Crippen LogP contribution in [0.4, 0.5) is 0 Å². The summed E-state index contributed by atoms with van der Waals surface area (Å²) < 4.78 is 10.5. The van der Waals surface area contributed by atoms with Crippen molar-refractivity contribution in [2.24, 2.45) is 0 Å². The van der Waals surface area contributed by atoms with Crippen LogP contribution in [0.1, 0.15) is 39.7 Å². The first-order valence-electron chi connectivity index (χ1n) is 8.89. The molecular weight excluding hydrogens is 346 g/mol. The van der Waals surface area contributed by atoms with Gasteiger partial charge in [-0.1, -0.05) is 46.6 Å². The molecule has 2 heterocycles. The van der Waals surface area contributed by atoms with E-state index in [2.05, 4.69) is 68.1 Å². The molecule has 0 spiro atoms. The fraction of sp³-hybridized carbons (Fsp3) is 0.333. The van der Waals surface area contributed by atoms with Gasteiger partial charge in [0.1, 0.15) is 24.4 Å². The van der Waals surface area contributed by atoms with Crippen LogP contribution in [0.25, 0.3) is 5.69 Å². The molecule has 0 unspecified atom stereocenters. The minimum Gasteiger partial charge on any atom is -0.363 e. The number of halogens is 1. The Morgan fingerprint density at radius 2 is 1.85 bits per heavy atom. The summed E-state index contributed by atoms with van der Waals surface area (Å²) in [4.78, 5) is 0. The van der Waals surface area contributed by atoms with Gasteiger partial charge < -0.3 is 4.74 Å². The van der Waals surface area contributed by atoms with Gasteiger partial charge in [0.2, 0.25) is 6.33 Å². The highest BCUT2D eigenvalue weighted by molar-refractivity contribution is 5.85. The second kappa shape index (κ2) is 6.22. The predicted molar refractivity (Wildman–Crippen MR) is 102 cm³/mol. The number of benzene rings is 2. The second-order valence-corrected chi connectivity index (χ2v) is 7.33. The zero-order chi connectivity index (χ0) is 17.1. The van der Waals surface area contributed by atoms with Crippen molar-refractivity contribution in [1.29, 1.82) is 0 Å². The van der Waals surface area contributed by atoms with E-state index in [-0.39, 0.29) is 24.6 Å². The molecule has 1 aromatic heterocycles. The Hall–Kier alpha value is -2.17. The topological polar surface area (TPSA) is 30.9 Å². The van der Waals surface area contributed by atoms with Crippen molar-refractivity contribution in [2.75, 3.05) is 0 Å². The SMILES string of the molecule is Cc1cc(C)c(-n2c[n+]3c(n2)CO[C@@H]2Cc4ccccc4[C@@H]23)c(C)c1.Cl. The van der Waals surface area contributed by atoms with Gasteiger partial charge in [-0.3, -0.25) is 0 Å². The quantitative estimate of drug-likeness (QED) is 0.615. The van der Waals surface area contributed by atoms with Gasteiger partial charge >= 0.3 is 5.82 Å². The van der Waals surface area contributed by atoms with E-state index in [0.717, 1.165) is 12.2 Å². The van der Waals surface area contributed by atoms with E-state index in [4.69, 9.17) is 9.84 Å². The summed E-state index contributed by atoms with van der Waals surface area (Å²) in [5.74, 6) is 0.998. The van der Waals surface area contributed by atoms with Crippen LogP contribution in [0.15, 0.2) is 42.7 Å². The Kier molecular flexibility index (Phi) is 4.13. The summed E-state index contributed by atoms with van der Waals surface area (Å²) >= 11 is 0. The van der Waals surface area contributed by atoms with Crippen LogP contribution >= 0.6 is 12.4 Å². The number of aryl methyl sites for hydroxylation is 3. The van der Waals surface area contributed by atoms with Crippen molar-refractivity contribution >= 4 is 12.4 Å². The third-order valence-corrected chi connectivity index (χ3v) is 5.49. The van der Waals surface area contributed by atoms with Gasteiger partial charge in [0.25, 0.3) is 0 Å². The second-order valence-electron chi connectivity index (χ2n) is 7.33. The first-order chi connectivity index (χ1) is 12.1. The van der Waals surface area contributed by atoms with Crippen LogP contribution in [0.5, 0.6) is 0 Å². The smallest absolute Gasteiger partial charge is 0.304 e. The van der Waals surface area contributed by atoms with Crippen LogP contribution < -0.4 is 4.57 Å². The molecule has 1 aliphatic heterocycles. The highest BCUT2D eigenvalue weighted by Gasteiger charge is 2.43. The van der Waals surface area contributed by atoms with Crippen molar-refractivity contribution in [3.8, 4) is 5.69 Å². The number of rotatable bonds is 1. The van der Waals surface area contributed by atoms with Crippen molar-refractivity contribution in [3.05, 3.63) is 76.4 Å².